The normalized spacial score (nSPS) is 35.1. The number of rotatable bonds is 4. The largest absolute Gasteiger partial charge is 0.370 e. The number of fused-ring (bicyclic) bond motifs is 2. The highest BCUT2D eigenvalue weighted by molar-refractivity contribution is 5.27. The van der Waals surface area contributed by atoms with Crippen LogP contribution < -0.4 is 0 Å². The van der Waals surface area contributed by atoms with E-state index in [9.17, 15) is 4.39 Å². The second kappa shape index (κ2) is 4.68. The number of ether oxygens (including phenoxy) is 2. The summed E-state index contributed by atoms with van der Waals surface area (Å²) in [5.74, 6) is 0.193. The third-order valence-corrected chi connectivity index (χ3v) is 4.63. The van der Waals surface area contributed by atoms with Gasteiger partial charge >= 0.3 is 0 Å². The van der Waals surface area contributed by atoms with Crippen LogP contribution >= 0.6 is 0 Å². The predicted molar refractivity (Wildman–Crippen MR) is 75.8 cm³/mol. The van der Waals surface area contributed by atoms with E-state index in [1.165, 1.54) is 6.07 Å². The summed E-state index contributed by atoms with van der Waals surface area (Å²) >= 11 is 0. The Morgan fingerprint density at radius 1 is 1.35 bits per heavy atom. The summed E-state index contributed by atoms with van der Waals surface area (Å²) in [4.78, 5) is 0. The number of hydrogen-bond acceptors (Lipinski definition) is 2. The molecule has 2 nitrogen and oxygen atoms in total. The zero-order chi connectivity index (χ0) is 14.4. The maximum absolute atomic E-state index is 13.6. The molecule has 20 heavy (non-hydrogen) atoms. The van der Waals surface area contributed by atoms with Crippen molar-refractivity contribution in [3.8, 4) is 0 Å². The minimum absolute atomic E-state index is 0.0190. The van der Waals surface area contributed by atoms with Crippen molar-refractivity contribution < 1.29 is 13.9 Å². The Hall–Kier alpha value is -1.19. The van der Waals surface area contributed by atoms with E-state index in [0.717, 1.165) is 6.42 Å². The van der Waals surface area contributed by atoms with Gasteiger partial charge in [0.05, 0.1) is 18.3 Å². The molecular weight excluding hydrogens is 255 g/mol. The van der Waals surface area contributed by atoms with Gasteiger partial charge in [0.1, 0.15) is 11.4 Å². The summed E-state index contributed by atoms with van der Waals surface area (Å²) in [5, 5.41) is 0. The number of halogens is 1. The highest BCUT2D eigenvalue weighted by Crippen LogP contribution is 2.50. The van der Waals surface area contributed by atoms with E-state index in [1.54, 1.807) is 12.1 Å². The van der Waals surface area contributed by atoms with Gasteiger partial charge in [0.2, 0.25) is 0 Å². The first-order valence-electron chi connectivity index (χ1n) is 7.21. The highest BCUT2D eigenvalue weighted by atomic mass is 19.1. The first-order valence-corrected chi connectivity index (χ1v) is 7.21. The fourth-order valence-electron chi connectivity index (χ4n) is 3.14. The monoisotopic (exact) mass is 276 g/mol. The second-order valence-corrected chi connectivity index (χ2v) is 6.32. The Morgan fingerprint density at radius 2 is 2.10 bits per heavy atom. The van der Waals surface area contributed by atoms with Crippen molar-refractivity contribution in [1.82, 2.24) is 0 Å². The standard InChI is InChI=1S/C17H21FO2/c1-12(2)17-9-8-16(3,20-17)15(10-17)19-11-13-6-4-5-7-14(13)18/h4-9,12,15H,10-11H2,1-3H3. The Kier molecular flexibility index (Phi) is 3.22. The summed E-state index contributed by atoms with van der Waals surface area (Å²) in [5.41, 5.74) is 0.00549. The summed E-state index contributed by atoms with van der Waals surface area (Å²) < 4.78 is 25.8. The molecule has 0 radical (unpaired) electrons. The van der Waals surface area contributed by atoms with Crippen molar-refractivity contribution in [3.63, 3.8) is 0 Å². The summed E-state index contributed by atoms with van der Waals surface area (Å²) in [6.07, 6.45) is 5.09. The van der Waals surface area contributed by atoms with Crippen LogP contribution in [0.5, 0.6) is 0 Å². The lowest BCUT2D eigenvalue weighted by Gasteiger charge is -2.27. The maximum atomic E-state index is 13.6. The molecule has 0 aliphatic carbocycles. The molecule has 2 bridgehead atoms. The Balaban J connectivity index is 1.71. The minimum atomic E-state index is -0.379. The van der Waals surface area contributed by atoms with Crippen LogP contribution in [-0.2, 0) is 16.1 Å². The number of hydrogen-bond donors (Lipinski definition) is 0. The van der Waals surface area contributed by atoms with Crippen LogP contribution in [0.3, 0.4) is 0 Å². The van der Waals surface area contributed by atoms with Gasteiger partial charge in [0.15, 0.2) is 0 Å². The molecule has 2 aliphatic heterocycles. The van der Waals surface area contributed by atoms with E-state index in [2.05, 4.69) is 26.0 Å². The molecule has 3 rings (SSSR count). The van der Waals surface area contributed by atoms with Gasteiger partial charge in [-0.2, -0.15) is 0 Å². The lowest BCUT2D eigenvalue weighted by Crippen LogP contribution is -2.35. The van der Waals surface area contributed by atoms with Crippen LogP contribution in [0.1, 0.15) is 32.8 Å². The first kappa shape index (κ1) is 13.8. The van der Waals surface area contributed by atoms with Crippen LogP contribution in [0, 0.1) is 11.7 Å². The van der Waals surface area contributed by atoms with Crippen molar-refractivity contribution in [1.29, 1.82) is 0 Å². The van der Waals surface area contributed by atoms with E-state index in [-0.39, 0.29) is 29.7 Å². The molecule has 1 aromatic carbocycles. The molecular formula is C17H21FO2. The SMILES string of the molecule is CC(C)C12C=CC(C)(O1)C(OCc1ccccc1F)C2. The molecule has 0 saturated carbocycles. The van der Waals surface area contributed by atoms with E-state index < -0.39 is 0 Å². The lowest BCUT2D eigenvalue weighted by atomic mass is 9.81. The molecule has 1 aromatic rings. The highest BCUT2D eigenvalue weighted by Gasteiger charge is 2.57. The third-order valence-electron chi connectivity index (χ3n) is 4.63. The number of benzene rings is 1. The van der Waals surface area contributed by atoms with Crippen molar-refractivity contribution in [2.75, 3.05) is 0 Å². The molecule has 1 fully saturated rings. The van der Waals surface area contributed by atoms with Crippen LogP contribution in [0.25, 0.3) is 0 Å². The molecule has 2 heterocycles. The second-order valence-electron chi connectivity index (χ2n) is 6.32. The smallest absolute Gasteiger partial charge is 0.128 e. The van der Waals surface area contributed by atoms with E-state index in [0.29, 0.717) is 11.5 Å². The predicted octanol–water partition coefficient (Wildman–Crippen LogP) is 3.85. The molecule has 0 N–H and O–H groups in total. The quantitative estimate of drug-likeness (QED) is 0.778. The zero-order valence-corrected chi connectivity index (χ0v) is 12.2. The van der Waals surface area contributed by atoms with Crippen molar-refractivity contribution >= 4 is 0 Å². The minimum Gasteiger partial charge on any atom is -0.370 e. The van der Waals surface area contributed by atoms with E-state index >= 15 is 0 Å². The molecule has 2 aliphatic rings. The molecule has 3 unspecified atom stereocenters. The molecule has 0 spiro atoms. The molecule has 1 saturated heterocycles. The van der Waals surface area contributed by atoms with Gasteiger partial charge in [-0.1, -0.05) is 44.2 Å². The molecule has 3 atom stereocenters. The van der Waals surface area contributed by atoms with Crippen molar-refractivity contribution in [3.05, 3.63) is 47.8 Å². The van der Waals surface area contributed by atoms with Gasteiger partial charge in [0.25, 0.3) is 0 Å². The van der Waals surface area contributed by atoms with E-state index in [4.69, 9.17) is 9.47 Å². The Morgan fingerprint density at radius 3 is 2.75 bits per heavy atom. The zero-order valence-electron chi connectivity index (χ0n) is 12.2. The molecule has 0 amide bonds. The first-order chi connectivity index (χ1) is 9.45. The van der Waals surface area contributed by atoms with Gasteiger partial charge in [0, 0.05) is 12.0 Å². The fraction of sp³-hybridized carbons (Fsp3) is 0.529. The van der Waals surface area contributed by atoms with Crippen LogP contribution in [-0.4, -0.2) is 17.3 Å². The van der Waals surface area contributed by atoms with Gasteiger partial charge in [-0.15, -0.1) is 0 Å². The van der Waals surface area contributed by atoms with Crippen molar-refractivity contribution in [2.45, 2.75) is 51.1 Å². The molecule has 3 heteroatoms. The van der Waals surface area contributed by atoms with Gasteiger partial charge < -0.3 is 9.47 Å². The van der Waals surface area contributed by atoms with Crippen LogP contribution in [0.4, 0.5) is 4.39 Å². The summed E-state index contributed by atoms with van der Waals surface area (Å²) in [6.45, 7) is 6.66. The van der Waals surface area contributed by atoms with E-state index in [1.807, 2.05) is 13.0 Å². The lowest BCUT2D eigenvalue weighted by molar-refractivity contribution is -0.0823. The van der Waals surface area contributed by atoms with Crippen LogP contribution in [0.2, 0.25) is 0 Å². The molecule has 108 valence electrons. The topological polar surface area (TPSA) is 18.5 Å². The summed E-state index contributed by atoms with van der Waals surface area (Å²) in [6, 6.07) is 6.75. The average Bonchev–Trinajstić information content (AvgIpc) is 2.90. The van der Waals surface area contributed by atoms with Crippen molar-refractivity contribution in [2.24, 2.45) is 5.92 Å². The Bertz CT molecular complexity index is 540. The van der Waals surface area contributed by atoms with Gasteiger partial charge in [-0.25, -0.2) is 4.39 Å². The van der Waals surface area contributed by atoms with Crippen LogP contribution in [0.15, 0.2) is 36.4 Å². The Labute approximate surface area is 119 Å². The third kappa shape index (κ3) is 2.09. The molecule has 0 aromatic heterocycles. The van der Waals surface area contributed by atoms with Gasteiger partial charge in [-0.3, -0.25) is 0 Å². The fourth-order valence-corrected chi connectivity index (χ4v) is 3.14. The maximum Gasteiger partial charge on any atom is 0.128 e. The summed E-state index contributed by atoms with van der Waals surface area (Å²) in [7, 11) is 0. The van der Waals surface area contributed by atoms with Gasteiger partial charge in [-0.05, 0) is 18.9 Å². The average molecular weight is 276 g/mol.